The Morgan fingerprint density at radius 2 is 2.15 bits per heavy atom. The van der Waals surface area contributed by atoms with E-state index in [1.165, 1.54) is 13.0 Å². The van der Waals surface area contributed by atoms with Crippen LogP contribution in [0.1, 0.15) is 57.4 Å². The predicted molar refractivity (Wildman–Crippen MR) is 107 cm³/mol. The minimum atomic E-state index is 0.374. The second-order valence-electron chi connectivity index (χ2n) is 8.02. The molecule has 7 nitrogen and oxygen atoms in total. The molecule has 0 spiro atoms. The largest absolute Gasteiger partial charge is 0.381 e. The molecule has 1 unspecified atom stereocenters. The molecule has 2 fully saturated rings. The van der Waals surface area contributed by atoms with Gasteiger partial charge in [0.05, 0.1) is 12.3 Å². The minimum Gasteiger partial charge on any atom is -0.381 e. The molecule has 0 aliphatic carbocycles. The Hall–Kier alpha value is -1.60. The lowest BCUT2D eigenvalue weighted by Gasteiger charge is -2.34. The molecule has 0 aromatic carbocycles. The van der Waals surface area contributed by atoms with E-state index in [0.717, 1.165) is 69.0 Å². The number of piperidine rings is 1. The number of aliphatic imine (C=N–C) groups is 1. The van der Waals surface area contributed by atoms with Crippen molar-refractivity contribution in [2.75, 3.05) is 39.4 Å². The highest BCUT2D eigenvalue weighted by molar-refractivity contribution is 5.80. The van der Waals surface area contributed by atoms with Gasteiger partial charge in [-0.3, -0.25) is 0 Å². The summed E-state index contributed by atoms with van der Waals surface area (Å²) in [6, 6.07) is 2.47. The predicted octanol–water partition coefficient (Wildman–Crippen LogP) is 2.35. The van der Waals surface area contributed by atoms with Crippen LogP contribution in [0.2, 0.25) is 0 Å². The highest BCUT2D eigenvalue weighted by atomic mass is 16.5. The number of nitrogens with zero attached hydrogens (tertiary/aromatic N) is 3. The maximum absolute atomic E-state index is 5.50. The van der Waals surface area contributed by atoms with Crippen molar-refractivity contribution in [3.05, 3.63) is 17.5 Å². The van der Waals surface area contributed by atoms with E-state index in [2.05, 4.69) is 46.5 Å². The molecule has 3 heterocycles. The first kappa shape index (κ1) is 20.1. The molecule has 2 N–H and O–H groups in total. The molecule has 1 aromatic rings. The summed E-state index contributed by atoms with van der Waals surface area (Å²) in [4.78, 5) is 7.27. The van der Waals surface area contributed by atoms with Crippen LogP contribution in [0.5, 0.6) is 0 Å². The lowest BCUT2D eigenvalue weighted by Crippen LogP contribution is -2.49. The van der Waals surface area contributed by atoms with Crippen LogP contribution in [-0.4, -0.2) is 61.5 Å². The molecule has 152 valence electrons. The van der Waals surface area contributed by atoms with Crippen molar-refractivity contribution >= 4 is 5.96 Å². The van der Waals surface area contributed by atoms with E-state index in [0.29, 0.717) is 18.5 Å². The smallest absolute Gasteiger partial charge is 0.191 e. The van der Waals surface area contributed by atoms with Crippen molar-refractivity contribution in [1.29, 1.82) is 0 Å². The van der Waals surface area contributed by atoms with Gasteiger partial charge in [-0.2, -0.15) is 0 Å². The molecular formula is C20H35N5O2. The van der Waals surface area contributed by atoms with Gasteiger partial charge in [0.1, 0.15) is 6.54 Å². The first-order chi connectivity index (χ1) is 13.1. The highest BCUT2D eigenvalue weighted by Gasteiger charge is 2.24. The zero-order valence-corrected chi connectivity index (χ0v) is 17.0. The topological polar surface area (TPSA) is 74.9 Å². The molecule has 1 aromatic heterocycles. The number of hydrogen-bond acceptors (Lipinski definition) is 5. The number of rotatable bonds is 7. The van der Waals surface area contributed by atoms with Gasteiger partial charge in [-0.25, -0.2) is 4.99 Å². The van der Waals surface area contributed by atoms with E-state index in [9.17, 15) is 0 Å². The molecule has 7 heteroatoms. The van der Waals surface area contributed by atoms with Crippen LogP contribution in [0.4, 0.5) is 0 Å². The van der Waals surface area contributed by atoms with Gasteiger partial charge in [-0.05, 0) is 38.0 Å². The van der Waals surface area contributed by atoms with Gasteiger partial charge in [-0.1, -0.05) is 19.0 Å². The maximum atomic E-state index is 5.50. The lowest BCUT2D eigenvalue weighted by molar-refractivity contribution is 0.150. The van der Waals surface area contributed by atoms with Gasteiger partial charge in [0, 0.05) is 44.9 Å². The van der Waals surface area contributed by atoms with Crippen LogP contribution in [0, 0.1) is 5.92 Å². The summed E-state index contributed by atoms with van der Waals surface area (Å²) in [7, 11) is 0. The quantitative estimate of drug-likeness (QED) is 0.561. The number of guanidine groups is 1. The third-order valence-electron chi connectivity index (χ3n) is 5.37. The SMILES string of the molecule is CCNC(=NCc1cc(C(C)C)no1)NC1CCN(CC2CCOC2)CC1. The van der Waals surface area contributed by atoms with Crippen LogP contribution in [0.3, 0.4) is 0 Å². The van der Waals surface area contributed by atoms with Crippen molar-refractivity contribution < 1.29 is 9.26 Å². The van der Waals surface area contributed by atoms with E-state index >= 15 is 0 Å². The lowest BCUT2D eigenvalue weighted by atomic mass is 10.0. The summed E-state index contributed by atoms with van der Waals surface area (Å²) in [6.07, 6.45) is 3.52. The van der Waals surface area contributed by atoms with Crippen molar-refractivity contribution in [3.63, 3.8) is 0 Å². The van der Waals surface area contributed by atoms with Crippen molar-refractivity contribution in [1.82, 2.24) is 20.7 Å². The third kappa shape index (κ3) is 6.21. The second-order valence-corrected chi connectivity index (χ2v) is 8.02. The number of hydrogen-bond donors (Lipinski definition) is 2. The standard InChI is InChI=1S/C20H35N5O2/c1-4-21-20(22-12-18-11-19(15(2)3)24-27-18)23-17-5-8-25(9-6-17)13-16-7-10-26-14-16/h11,15-17H,4-10,12-14H2,1-3H3,(H2,21,22,23). The summed E-state index contributed by atoms with van der Waals surface area (Å²) in [5.74, 6) is 2.77. The van der Waals surface area contributed by atoms with Gasteiger partial charge >= 0.3 is 0 Å². The number of ether oxygens (including phenoxy) is 1. The molecule has 2 saturated heterocycles. The average Bonchev–Trinajstić information content (AvgIpc) is 3.33. The summed E-state index contributed by atoms with van der Waals surface area (Å²) < 4.78 is 10.9. The van der Waals surface area contributed by atoms with Crippen LogP contribution < -0.4 is 10.6 Å². The Kier molecular flexibility index (Phi) is 7.52. The van der Waals surface area contributed by atoms with Crippen LogP contribution >= 0.6 is 0 Å². The van der Waals surface area contributed by atoms with E-state index in [-0.39, 0.29) is 0 Å². The van der Waals surface area contributed by atoms with E-state index in [1.54, 1.807) is 0 Å². The van der Waals surface area contributed by atoms with Crippen molar-refractivity contribution in [2.45, 2.75) is 58.5 Å². The zero-order valence-electron chi connectivity index (χ0n) is 17.0. The Morgan fingerprint density at radius 1 is 1.33 bits per heavy atom. The molecule has 2 aliphatic heterocycles. The molecule has 2 aliphatic rings. The first-order valence-corrected chi connectivity index (χ1v) is 10.4. The van der Waals surface area contributed by atoms with Gasteiger partial charge < -0.3 is 24.8 Å². The minimum absolute atomic E-state index is 0.374. The Balaban J connectivity index is 1.45. The molecule has 1 atom stereocenters. The molecular weight excluding hydrogens is 342 g/mol. The summed E-state index contributed by atoms with van der Waals surface area (Å²) in [6.45, 7) is 13.0. The Labute approximate surface area is 162 Å². The molecule has 0 radical (unpaired) electrons. The number of likely N-dealkylation sites (tertiary alicyclic amines) is 1. The third-order valence-corrected chi connectivity index (χ3v) is 5.37. The number of nitrogens with one attached hydrogen (secondary N) is 2. The van der Waals surface area contributed by atoms with Crippen LogP contribution in [0.25, 0.3) is 0 Å². The van der Waals surface area contributed by atoms with E-state index in [1.807, 2.05) is 6.07 Å². The zero-order chi connectivity index (χ0) is 19.1. The number of aromatic nitrogens is 1. The second kappa shape index (κ2) is 10.1. The molecule has 0 bridgehead atoms. The summed E-state index contributed by atoms with van der Waals surface area (Å²) in [5, 5.41) is 11.0. The van der Waals surface area contributed by atoms with Crippen molar-refractivity contribution in [2.24, 2.45) is 10.9 Å². The van der Waals surface area contributed by atoms with Gasteiger partial charge in [0.15, 0.2) is 11.7 Å². The fourth-order valence-corrected chi connectivity index (χ4v) is 3.70. The normalized spacial score (nSPS) is 22.5. The van der Waals surface area contributed by atoms with Crippen LogP contribution in [0.15, 0.2) is 15.6 Å². The van der Waals surface area contributed by atoms with Gasteiger partial charge in [0.2, 0.25) is 0 Å². The van der Waals surface area contributed by atoms with Crippen LogP contribution in [-0.2, 0) is 11.3 Å². The Bertz CT molecular complexity index is 587. The van der Waals surface area contributed by atoms with Gasteiger partial charge in [0.25, 0.3) is 0 Å². The maximum Gasteiger partial charge on any atom is 0.191 e. The van der Waals surface area contributed by atoms with E-state index < -0.39 is 0 Å². The average molecular weight is 378 g/mol. The monoisotopic (exact) mass is 377 g/mol. The highest BCUT2D eigenvalue weighted by Crippen LogP contribution is 2.18. The van der Waals surface area contributed by atoms with E-state index in [4.69, 9.17) is 9.26 Å². The Morgan fingerprint density at radius 3 is 2.78 bits per heavy atom. The molecule has 27 heavy (non-hydrogen) atoms. The first-order valence-electron chi connectivity index (χ1n) is 10.4. The van der Waals surface area contributed by atoms with Gasteiger partial charge in [-0.15, -0.1) is 0 Å². The summed E-state index contributed by atoms with van der Waals surface area (Å²) >= 11 is 0. The fourth-order valence-electron chi connectivity index (χ4n) is 3.70. The fraction of sp³-hybridized carbons (Fsp3) is 0.800. The van der Waals surface area contributed by atoms with Crippen molar-refractivity contribution in [3.8, 4) is 0 Å². The summed E-state index contributed by atoms with van der Waals surface area (Å²) in [5.41, 5.74) is 0.984. The molecule has 0 saturated carbocycles. The molecule has 3 rings (SSSR count). The molecule has 0 amide bonds.